The third-order valence-electron chi connectivity index (χ3n) is 3.82. The number of ether oxygens (including phenoxy) is 1. The highest BCUT2D eigenvalue weighted by Gasteiger charge is 2.33. The molecule has 0 spiro atoms. The number of benzene rings is 1. The predicted molar refractivity (Wildman–Crippen MR) is 80.3 cm³/mol. The molecule has 3 rings (SSSR count). The molecule has 1 aromatic carbocycles. The lowest BCUT2D eigenvalue weighted by atomic mass is 10.2. The first kappa shape index (κ1) is 15.1. The molecule has 0 bridgehead atoms. The molecule has 1 fully saturated rings. The number of aliphatic carboxylic acids is 1. The molecule has 7 nitrogen and oxygen atoms in total. The van der Waals surface area contributed by atoms with Gasteiger partial charge in [0.15, 0.2) is 6.61 Å². The molecule has 0 radical (unpaired) electrons. The number of carbonyl (C=O) groups is 2. The van der Waals surface area contributed by atoms with Gasteiger partial charge in [-0.05, 0) is 31.0 Å². The molecule has 7 heteroatoms. The van der Waals surface area contributed by atoms with Gasteiger partial charge in [0.25, 0.3) is 5.91 Å². The summed E-state index contributed by atoms with van der Waals surface area (Å²) in [7, 11) is 0. The van der Waals surface area contributed by atoms with Crippen molar-refractivity contribution in [1.82, 2.24) is 4.90 Å². The van der Waals surface area contributed by atoms with Crippen molar-refractivity contribution in [2.75, 3.05) is 13.2 Å². The minimum Gasteiger partial charge on any atom is -0.484 e. The highest BCUT2D eigenvalue weighted by atomic mass is 16.5. The average molecular weight is 317 g/mol. The quantitative estimate of drug-likeness (QED) is 0.852. The van der Waals surface area contributed by atoms with Crippen molar-refractivity contribution in [3.63, 3.8) is 0 Å². The number of hydrogen-bond donors (Lipinski definition) is 1. The summed E-state index contributed by atoms with van der Waals surface area (Å²) in [5, 5.41) is 9.83. The van der Waals surface area contributed by atoms with E-state index in [1.54, 1.807) is 18.2 Å². The Morgan fingerprint density at radius 1 is 1.30 bits per heavy atom. The monoisotopic (exact) mass is 317 g/mol. The lowest BCUT2D eigenvalue weighted by Crippen LogP contribution is -2.42. The van der Waals surface area contributed by atoms with Crippen LogP contribution in [0.1, 0.15) is 12.8 Å². The summed E-state index contributed by atoms with van der Waals surface area (Å²) in [5.41, 5.74) is -0.0980. The second-order valence-electron chi connectivity index (χ2n) is 5.33. The van der Waals surface area contributed by atoms with Crippen LogP contribution in [0, 0.1) is 0 Å². The van der Waals surface area contributed by atoms with Gasteiger partial charge in [0, 0.05) is 24.1 Å². The first-order valence-corrected chi connectivity index (χ1v) is 7.23. The van der Waals surface area contributed by atoms with Gasteiger partial charge in [-0.3, -0.25) is 4.79 Å². The van der Waals surface area contributed by atoms with Gasteiger partial charge in [-0.2, -0.15) is 0 Å². The van der Waals surface area contributed by atoms with E-state index in [0.717, 1.165) is 5.39 Å². The van der Waals surface area contributed by atoms with Crippen LogP contribution in [0.3, 0.4) is 0 Å². The van der Waals surface area contributed by atoms with Crippen molar-refractivity contribution < 1.29 is 23.8 Å². The molecular weight excluding hydrogens is 302 g/mol. The van der Waals surface area contributed by atoms with Crippen molar-refractivity contribution in [1.29, 1.82) is 0 Å². The molecule has 1 saturated heterocycles. The van der Waals surface area contributed by atoms with E-state index >= 15 is 0 Å². The summed E-state index contributed by atoms with van der Waals surface area (Å²) in [6, 6.07) is 7.09. The molecule has 1 aromatic heterocycles. The van der Waals surface area contributed by atoms with E-state index in [1.165, 1.54) is 17.0 Å². The van der Waals surface area contributed by atoms with Crippen molar-refractivity contribution in [3.05, 3.63) is 40.8 Å². The maximum atomic E-state index is 12.1. The van der Waals surface area contributed by atoms with Gasteiger partial charge >= 0.3 is 11.6 Å². The molecule has 2 aromatic rings. The molecule has 1 amide bonds. The van der Waals surface area contributed by atoms with E-state index in [9.17, 15) is 14.4 Å². The Morgan fingerprint density at radius 3 is 2.87 bits per heavy atom. The highest BCUT2D eigenvalue weighted by molar-refractivity contribution is 5.85. The third-order valence-corrected chi connectivity index (χ3v) is 3.82. The average Bonchev–Trinajstić information content (AvgIpc) is 3.02. The summed E-state index contributed by atoms with van der Waals surface area (Å²) in [4.78, 5) is 35.7. The lowest BCUT2D eigenvalue weighted by Gasteiger charge is -2.21. The largest absolute Gasteiger partial charge is 0.484 e. The maximum absolute atomic E-state index is 12.1. The topological polar surface area (TPSA) is 97.0 Å². The van der Waals surface area contributed by atoms with E-state index < -0.39 is 17.6 Å². The fourth-order valence-electron chi connectivity index (χ4n) is 2.68. The Labute approximate surface area is 131 Å². The fourth-order valence-corrected chi connectivity index (χ4v) is 2.68. The number of carboxylic acids is 1. The van der Waals surface area contributed by atoms with Gasteiger partial charge in [0.05, 0.1) is 0 Å². The Morgan fingerprint density at radius 2 is 2.09 bits per heavy atom. The van der Waals surface area contributed by atoms with Gasteiger partial charge in [0.1, 0.15) is 17.4 Å². The van der Waals surface area contributed by atoms with Crippen LogP contribution in [-0.2, 0) is 9.59 Å². The zero-order valence-electron chi connectivity index (χ0n) is 12.2. The summed E-state index contributed by atoms with van der Waals surface area (Å²) in [6.45, 7) is 0.165. The standard InChI is InChI=1S/C16H15NO6/c18-14(17-7-1-2-12(17)16(20)21)9-22-11-5-3-10-4-6-15(19)23-13(10)8-11/h3-6,8,12H,1-2,7,9H2,(H,20,21). The molecule has 120 valence electrons. The Hall–Kier alpha value is -2.83. The predicted octanol–water partition coefficient (Wildman–Crippen LogP) is 1.25. The Balaban J connectivity index is 1.69. The lowest BCUT2D eigenvalue weighted by molar-refractivity contribution is -0.148. The molecule has 0 aliphatic carbocycles. The molecule has 23 heavy (non-hydrogen) atoms. The normalized spacial score (nSPS) is 17.4. The number of carbonyl (C=O) groups excluding carboxylic acids is 1. The zero-order valence-corrected chi connectivity index (χ0v) is 12.2. The SMILES string of the molecule is O=C(O)C1CCCN1C(=O)COc1ccc2ccc(=O)oc2c1. The molecule has 1 unspecified atom stereocenters. The molecular formula is C16H15NO6. The van der Waals surface area contributed by atoms with Gasteiger partial charge in [0.2, 0.25) is 0 Å². The van der Waals surface area contributed by atoms with Crippen LogP contribution in [0.2, 0.25) is 0 Å². The number of carboxylic acid groups (broad SMARTS) is 1. The van der Waals surface area contributed by atoms with E-state index in [2.05, 4.69) is 0 Å². The van der Waals surface area contributed by atoms with Crippen LogP contribution in [-0.4, -0.2) is 41.1 Å². The van der Waals surface area contributed by atoms with Crippen molar-refractivity contribution in [2.24, 2.45) is 0 Å². The highest BCUT2D eigenvalue weighted by Crippen LogP contribution is 2.21. The summed E-state index contributed by atoms with van der Waals surface area (Å²) < 4.78 is 10.5. The third kappa shape index (κ3) is 3.18. The van der Waals surface area contributed by atoms with Gasteiger partial charge in [-0.25, -0.2) is 9.59 Å². The molecule has 1 N–H and O–H groups in total. The number of amides is 1. The van der Waals surface area contributed by atoms with E-state index in [-0.39, 0.29) is 12.5 Å². The van der Waals surface area contributed by atoms with Gasteiger partial charge in [-0.1, -0.05) is 0 Å². The number of fused-ring (bicyclic) bond motifs is 1. The van der Waals surface area contributed by atoms with Crippen LogP contribution in [0.25, 0.3) is 11.0 Å². The van der Waals surface area contributed by atoms with Crippen molar-refractivity contribution >= 4 is 22.8 Å². The molecule has 1 atom stereocenters. The number of hydrogen-bond acceptors (Lipinski definition) is 5. The van der Waals surface area contributed by atoms with Crippen LogP contribution in [0.4, 0.5) is 0 Å². The number of likely N-dealkylation sites (tertiary alicyclic amines) is 1. The van der Waals surface area contributed by atoms with Crippen LogP contribution in [0.15, 0.2) is 39.5 Å². The first-order valence-electron chi connectivity index (χ1n) is 7.23. The van der Waals surface area contributed by atoms with Crippen molar-refractivity contribution in [2.45, 2.75) is 18.9 Å². The minimum atomic E-state index is -0.997. The molecule has 0 saturated carbocycles. The van der Waals surface area contributed by atoms with Gasteiger partial charge in [-0.15, -0.1) is 0 Å². The van der Waals surface area contributed by atoms with E-state index in [0.29, 0.717) is 30.7 Å². The zero-order chi connectivity index (χ0) is 16.4. The summed E-state index contributed by atoms with van der Waals surface area (Å²) >= 11 is 0. The maximum Gasteiger partial charge on any atom is 0.336 e. The van der Waals surface area contributed by atoms with Crippen LogP contribution >= 0.6 is 0 Å². The molecule has 1 aliphatic heterocycles. The van der Waals surface area contributed by atoms with E-state index in [4.69, 9.17) is 14.3 Å². The second-order valence-corrected chi connectivity index (χ2v) is 5.33. The second kappa shape index (κ2) is 6.12. The molecule has 1 aliphatic rings. The van der Waals surface area contributed by atoms with Gasteiger partial charge < -0.3 is 19.2 Å². The Kier molecular flexibility index (Phi) is 4.01. The summed E-state index contributed by atoms with van der Waals surface area (Å²) in [5.74, 6) is -0.987. The smallest absolute Gasteiger partial charge is 0.336 e. The first-order chi connectivity index (χ1) is 11.0. The number of nitrogens with zero attached hydrogens (tertiary/aromatic N) is 1. The Bertz CT molecular complexity index is 812. The number of rotatable bonds is 4. The van der Waals surface area contributed by atoms with Crippen LogP contribution in [0.5, 0.6) is 5.75 Å². The molecule has 2 heterocycles. The fraction of sp³-hybridized carbons (Fsp3) is 0.312. The van der Waals surface area contributed by atoms with Crippen LogP contribution < -0.4 is 10.4 Å². The van der Waals surface area contributed by atoms with Crippen molar-refractivity contribution in [3.8, 4) is 5.75 Å². The minimum absolute atomic E-state index is 0.258. The van der Waals surface area contributed by atoms with E-state index in [1.807, 2.05) is 0 Å². The summed E-state index contributed by atoms with van der Waals surface area (Å²) in [6.07, 6.45) is 1.13.